The number of nitrogens with zero attached hydrogens (tertiary/aromatic N) is 1. The van der Waals surface area contributed by atoms with Crippen LogP contribution in [0, 0.1) is 5.92 Å². The summed E-state index contributed by atoms with van der Waals surface area (Å²) in [6.07, 6.45) is 2.03. The van der Waals surface area contributed by atoms with E-state index in [1.807, 2.05) is 13.0 Å². The molecule has 22 heavy (non-hydrogen) atoms. The molecule has 6 heteroatoms. The molecule has 0 bridgehead atoms. The van der Waals surface area contributed by atoms with E-state index < -0.39 is 0 Å². The molecule has 2 rings (SSSR count). The van der Waals surface area contributed by atoms with Crippen LogP contribution in [-0.2, 0) is 6.42 Å². The lowest BCUT2D eigenvalue weighted by atomic mass is 9.82. The maximum absolute atomic E-state index is 12.1. The summed E-state index contributed by atoms with van der Waals surface area (Å²) in [7, 11) is 1.78. The van der Waals surface area contributed by atoms with Gasteiger partial charge in [0.25, 0.3) is 0 Å². The highest BCUT2D eigenvalue weighted by molar-refractivity contribution is 6.35. The summed E-state index contributed by atoms with van der Waals surface area (Å²) in [6.45, 7) is 2.63. The Labute approximate surface area is 141 Å². The van der Waals surface area contributed by atoms with Gasteiger partial charge in [0.15, 0.2) is 0 Å². The number of carbonyl (C=O) groups is 1. The first-order chi connectivity index (χ1) is 10.3. The minimum atomic E-state index is -0.188. The molecule has 122 valence electrons. The molecular weight excluding hydrogens is 323 g/mol. The molecule has 1 aliphatic carbocycles. The van der Waals surface area contributed by atoms with Crippen LogP contribution in [-0.4, -0.2) is 41.8 Å². The van der Waals surface area contributed by atoms with Gasteiger partial charge >= 0.3 is 6.03 Å². The second-order valence-electron chi connectivity index (χ2n) is 6.16. The molecule has 0 heterocycles. The van der Waals surface area contributed by atoms with E-state index >= 15 is 0 Å². The first-order valence-corrected chi connectivity index (χ1v) is 8.24. The number of amides is 2. The Bertz CT molecular complexity index is 533. The van der Waals surface area contributed by atoms with Crippen LogP contribution in [0.15, 0.2) is 18.2 Å². The molecule has 1 aromatic rings. The van der Waals surface area contributed by atoms with Gasteiger partial charge in [-0.25, -0.2) is 4.79 Å². The van der Waals surface area contributed by atoms with E-state index in [0.717, 1.165) is 18.4 Å². The average molecular weight is 345 g/mol. The van der Waals surface area contributed by atoms with Gasteiger partial charge in [0.2, 0.25) is 0 Å². The molecule has 2 N–H and O–H groups in total. The Morgan fingerprint density at radius 1 is 1.45 bits per heavy atom. The fourth-order valence-electron chi connectivity index (χ4n) is 2.71. The summed E-state index contributed by atoms with van der Waals surface area (Å²) >= 11 is 12.0. The lowest BCUT2D eigenvalue weighted by Gasteiger charge is -2.34. The maximum atomic E-state index is 12.1. The molecule has 1 aliphatic rings. The summed E-state index contributed by atoms with van der Waals surface area (Å²) in [5, 5.41) is 13.5. The topological polar surface area (TPSA) is 52.6 Å². The van der Waals surface area contributed by atoms with Crippen molar-refractivity contribution in [2.45, 2.75) is 38.3 Å². The van der Waals surface area contributed by atoms with E-state index in [0.29, 0.717) is 28.9 Å². The highest BCUT2D eigenvalue weighted by Crippen LogP contribution is 2.27. The summed E-state index contributed by atoms with van der Waals surface area (Å²) in [5.41, 5.74) is 0.962. The van der Waals surface area contributed by atoms with Crippen molar-refractivity contribution in [3.8, 4) is 0 Å². The molecule has 1 aromatic carbocycles. The van der Waals surface area contributed by atoms with Crippen molar-refractivity contribution in [1.82, 2.24) is 10.2 Å². The van der Waals surface area contributed by atoms with E-state index in [9.17, 15) is 9.90 Å². The fourth-order valence-corrected chi connectivity index (χ4v) is 3.19. The zero-order valence-electron chi connectivity index (χ0n) is 12.9. The van der Waals surface area contributed by atoms with E-state index in [2.05, 4.69) is 5.32 Å². The summed E-state index contributed by atoms with van der Waals surface area (Å²) in [5.74, 6) is 0.409. The molecule has 1 saturated carbocycles. The lowest BCUT2D eigenvalue weighted by molar-refractivity contribution is 0.0324. The first kappa shape index (κ1) is 17.4. The van der Waals surface area contributed by atoms with Gasteiger partial charge in [-0.2, -0.15) is 0 Å². The van der Waals surface area contributed by atoms with Crippen molar-refractivity contribution in [2.75, 3.05) is 13.6 Å². The van der Waals surface area contributed by atoms with Gasteiger partial charge in [0.1, 0.15) is 0 Å². The molecule has 4 nitrogen and oxygen atoms in total. The molecule has 1 atom stereocenters. The number of carbonyl (C=O) groups excluding carboxylic acids is 1. The summed E-state index contributed by atoms with van der Waals surface area (Å²) < 4.78 is 0. The van der Waals surface area contributed by atoms with Gasteiger partial charge in [-0.1, -0.05) is 29.3 Å². The number of halogens is 2. The number of aliphatic hydroxyl groups is 1. The molecule has 2 amide bonds. The number of nitrogens with one attached hydrogen (secondary N) is 1. The predicted molar refractivity (Wildman–Crippen MR) is 89.5 cm³/mol. The monoisotopic (exact) mass is 344 g/mol. The van der Waals surface area contributed by atoms with Gasteiger partial charge in [0, 0.05) is 29.7 Å². The van der Waals surface area contributed by atoms with Crippen molar-refractivity contribution in [2.24, 2.45) is 5.92 Å². The third-order valence-electron chi connectivity index (χ3n) is 4.00. The van der Waals surface area contributed by atoms with E-state index in [4.69, 9.17) is 23.2 Å². The van der Waals surface area contributed by atoms with Gasteiger partial charge in [-0.15, -0.1) is 0 Å². The number of aliphatic hydroxyl groups excluding tert-OH is 1. The Balaban J connectivity index is 1.80. The molecule has 0 aromatic heterocycles. The third kappa shape index (κ3) is 4.77. The predicted octanol–water partition coefficient (Wildman–Crippen LogP) is 3.34. The molecule has 0 radical (unpaired) electrons. The number of hydrogen-bond donors (Lipinski definition) is 2. The number of rotatable bonds is 5. The first-order valence-electron chi connectivity index (χ1n) is 7.48. The van der Waals surface area contributed by atoms with Crippen LogP contribution in [0.2, 0.25) is 10.0 Å². The van der Waals surface area contributed by atoms with Crippen LogP contribution < -0.4 is 5.32 Å². The SMILES string of the molecule is CC(Cc1ccc(Cl)cc1Cl)NC(=O)N(C)CC1CC(O)C1. The van der Waals surface area contributed by atoms with Gasteiger partial charge in [-0.3, -0.25) is 0 Å². The second-order valence-corrected chi connectivity index (χ2v) is 7.01. The molecule has 1 unspecified atom stereocenters. The van der Waals surface area contributed by atoms with Gasteiger partial charge < -0.3 is 15.3 Å². The Morgan fingerprint density at radius 3 is 2.73 bits per heavy atom. The summed E-state index contributed by atoms with van der Waals surface area (Å²) in [4.78, 5) is 13.8. The van der Waals surface area contributed by atoms with Crippen LogP contribution in [0.25, 0.3) is 0 Å². The van der Waals surface area contributed by atoms with Crippen LogP contribution in [0.5, 0.6) is 0 Å². The lowest BCUT2D eigenvalue weighted by Crippen LogP contribution is -2.46. The van der Waals surface area contributed by atoms with E-state index in [1.165, 1.54) is 0 Å². The molecule has 0 saturated heterocycles. The molecule has 0 spiro atoms. The van der Waals surface area contributed by atoms with Crippen molar-refractivity contribution in [3.05, 3.63) is 33.8 Å². The van der Waals surface area contributed by atoms with Gasteiger partial charge in [-0.05, 0) is 49.8 Å². The third-order valence-corrected chi connectivity index (χ3v) is 4.59. The zero-order chi connectivity index (χ0) is 16.3. The minimum absolute atomic E-state index is 0.0272. The molecular formula is C16H22Cl2N2O2. The van der Waals surface area contributed by atoms with Crippen molar-refractivity contribution >= 4 is 29.2 Å². The number of benzene rings is 1. The Morgan fingerprint density at radius 2 is 2.14 bits per heavy atom. The minimum Gasteiger partial charge on any atom is -0.393 e. The Kier molecular flexibility index (Phi) is 5.95. The highest BCUT2D eigenvalue weighted by atomic mass is 35.5. The van der Waals surface area contributed by atoms with Crippen molar-refractivity contribution in [1.29, 1.82) is 0 Å². The summed E-state index contributed by atoms with van der Waals surface area (Å²) in [6, 6.07) is 5.26. The van der Waals surface area contributed by atoms with Crippen LogP contribution in [0.4, 0.5) is 4.79 Å². The quantitative estimate of drug-likeness (QED) is 0.860. The van der Waals surface area contributed by atoms with Crippen molar-refractivity contribution in [3.63, 3.8) is 0 Å². The van der Waals surface area contributed by atoms with Crippen molar-refractivity contribution < 1.29 is 9.90 Å². The van der Waals surface area contributed by atoms with E-state index in [-0.39, 0.29) is 18.2 Å². The smallest absolute Gasteiger partial charge is 0.317 e. The maximum Gasteiger partial charge on any atom is 0.317 e. The zero-order valence-corrected chi connectivity index (χ0v) is 14.4. The Hall–Kier alpha value is -0.970. The largest absolute Gasteiger partial charge is 0.393 e. The highest BCUT2D eigenvalue weighted by Gasteiger charge is 2.29. The van der Waals surface area contributed by atoms with Gasteiger partial charge in [0.05, 0.1) is 6.10 Å². The molecule has 1 fully saturated rings. The number of urea groups is 1. The van der Waals surface area contributed by atoms with Crippen LogP contribution >= 0.6 is 23.2 Å². The van der Waals surface area contributed by atoms with E-state index in [1.54, 1.807) is 24.1 Å². The van der Waals surface area contributed by atoms with Crippen LogP contribution in [0.3, 0.4) is 0 Å². The van der Waals surface area contributed by atoms with Crippen LogP contribution in [0.1, 0.15) is 25.3 Å². The fraction of sp³-hybridized carbons (Fsp3) is 0.562. The standard InChI is InChI=1S/C16H22Cl2N2O2/c1-10(5-12-3-4-13(17)8-15(12)18)19-16(22)20(2)9-11-6-14(21)7-11/h3-4,8,10-11,14,21H,5-7,9H2,1-2H3,(H,19,22). The average Bonchev–Trinajstić information content (AvgIpc) is 2.40. The number of hydrogen-bond acceptors (Lipinski definition) is 2. The molecule has 0 aliphatic heterocycles. The normalized spacial score (nSPS) is 21.9. The second kappa shape index (κ2) is 7.53.